The van der Waals surface area contributed by atoms with Crippen molar-refractivity contribution in [2.45, 2.75) is 31.7 Å². The summed E-state index contributed by atoms with van der Waals surface area (Å²) in [7, 11) is -3.66. The Hall–Kier alpha value is -1.89. The molecule has 0 radical (unpaired) electrons. The largest absolute Gasteiger partial charge is 0.462 e. The zero-order valence-electron chi connectivity index (χ0n) is 12.1. The van der Waals surface area contributed by atoms with Crippen LogP contribution in [-0.2, 0) is 19.4 Å². The number of carbonyl (C=O) groups is 2. The van der Waals surface area contributed by atoms with Gasteiger partial charge in [0.1, 0.15) is 5.75 Å². The molecular formula is C14H17NO5S. The number of carbonyl (C=O) groups excluding carboxylic acids is 2. The lowest BCUT2D eigenvalue weighted by molar-refractivity contribution is -0.116. The first-order chi connectivity index (χ1) is 9.77. The number of fused-ring (bicyclic) bond motifs is 1. The minimum Gasteiger partial charge on any atom is -0.462 e. The molecule has 0 saturated carbocycles. The number of anilines is 1. The van der Waals surface area contributed by atoms with Crippen molar-refractivity contribution in [2.75, 3.05) is 17.3 Å². The molecule has 1 aromatic rings. The Morgan fingerprint density at radius 3 is 2.62 bits per heavy atom. The maximum absolute atomic E-state index is 12.1. The highest BCUT2D eigenvalue weighted by molar-refractivity contribution is 7.92. The maximum Gasteiger partial charge on any atom is 0.338 e. The zero-order valence-corrected chi connectivity index (χ0v) is 12.9. The Kier molecular flexibility index (Phi) is 4.04. The van der Waals surface area contributed by atoms with Crippen LogP contribution >= 0.6 is 0 Å². The van der Waals surface area contributed by atoms with Gasteiger partial charge in [0.25, 0.3) is 0 Å². The Morgan fingerprint density at radius 1 is 1.38 bits per heavy atom. The summed E-state index contributed by atoms with van der Waals surface area (Å²) in [5.41, 5.74) is 0.470. The summed E-state index contributed by atoms with van der Waals surface area (Å²) in [5.74, 6) is -1.57. The van der Waals surface area contributed by atoms with Crippen LogP contribution in [0.5, 0.6) is 0 Å². The lowest BCUT2D eigenvalue weighted by atomic mass is 10.1. The van der Waals surface area contributed by atoms with Crippen LogP contribution in [0.3, 0.4) is 0 Å². The number of rotatable bonds is 3. The van der Waals surface area contributed by atoms with Crippen molar-refractivity contribution in [3.63, 3.8) is 0 Å². The lowest BCUT2D eigenvalue weighted by Gasteiger charge is -2.32. The number of amides is 1. The topological polar surface area (TPSA) is 80.8 Å². The van der Waals surface area contributed by atoms with E-state index in [4.69, 9.17) is 4.74 Å². The molecule has 1 heterocycles. The molecule has 0 atom stereocenters. The van der Waals surface area contributed by atoms with Gasteiger partial charge >= 0.3 is 5.97 Å². The minimum atomic E-state index is -3.66. The lowest BCUT2D eigenvalue weighted by Crippen LogP contribution is -2.45. The van der Waals surface area contributed by atoms with E-state index in [-0.39, 0.29) is 28.8 Å². The summed E-state index contributed by atoms with van der Waals surface area (Å²) in [5, 5.41) is 0. The van der Waals surface area contributed by atoms with Crippen molar-refractivity contribution >= 4 is 27.4 Å². The van der Waals surface area contributed by atoms with E-state index < -0.39 is 27.5 Å². The standard InChI is InChI=1S/C14H17NO5S/c1-4-20-14(17)10-5-6-12-11(7-10)15(9(2)3)13(16)8-21(12,18)19/h5-7,9H,4,8H2,1-3H3. The summed E-state index contributed by atoms with van der Waals surface area (Å²) in [6.07, 6.45) is 0. The summed E-state index contributed by atoms with van der Waals surface area (Å²) >= 11 is 0. The normalized spacial score (nSPS) is 16.8. The Morgan fingerprint density at radius 2 is 2.05 bits per heavy atom. The molecule has 1 aliphatic heterocycles. The van der Waals surface area contributed by atoms with Gasteiger partial charge in [-0.15, -0.1) is 0 Å². The molecule has 0 N–H and O–H groups in total. The van der Waals surface area contributed by atoms with E-state index in [1.165, 1.54) is 23.1 Å². The summed E-state index contributed by atoms with van der Waals surface area (Å²) in [6, 6.07) is 3.97. The molecule has 1 aliphatic rings. The van der Waals surface area contributed by atoms with E-state index in [0.29, 0.717) is 0 Å². The number of nitrogens with zero attached hydrogens (tertiary/aromatic N) is 1. The fourth-order valence-corrected chi connectivity index (χ4v) is 3.69. The van der Waals surface area contributed by atoms with Crippen LogP contribution in [-0.4, -0.2) is 38.7 Å². The third-order valence-corrected chi connectivity index (χ3v) is 4.81. The van der Waals surface area contributed by atoms with Gasteiger partial charge in [-0.05, 0) is 39.0 Å². The van der Waals surface area contributed by atoms with Crippen molar-refractivity contribution in [1.82, 2.24) is 0 Å². The summed E-state index contributed by atoms with van der Waals surface area (Å²) in [6.45, 7) is 5.49. The quantitative estimate of drug-likeness (QED) is 0.788. The molecule has 0 bridgehead atoms. The first kappa shape index (κ1) is 15.5. The highest BCUT2D eigenvalue weighted by Gasteiger charge is 2.36. The van der Waals surface area contributed by atoms with Crippen LogP contribution in [0.2, 0.25) is 0 Å². The van der Waals surface area contributed by atoms with Crippen molar-refractivity contribution in [3.05, 3.63) is 23.8 Å². The molecule has 114 valence electrons. The monoisotopic (exact) mass is 311 g/mol. The second-order valence-electron chi connectivity index (χ2n) is 5.02. The summed E-state index contributed by atoms with van der Waals surface area (Å²) < 4.78 is 29.1. The van der Waals surface area contributed by atoms with E-state index >= 15 is 0 Å². The Labute approximate surface area is 123 Å². The first-order valence-corrected chi connectivity index (χ1v) is 8.29. The van der Waals surface area contributed by atoms with Crippen molar-refractivity contribution in [3.8, 4) is 0 Å². The average molecular weight is 311 g/mol. The van der Waals surface area contributed by atoms with Crippen LogP contribution in [0.4, 0.5) is 5.69 Å². The fourth-order valence-electron chi connectivity index (χ4n) is 2.32. The smallest absolute Gasteiger partial charge is 0.338 e. The predicted molar refractivity (Wildman–Crippen MR) is 77.1 cm³/mol. The molecule has 0 fully saturated rings. The second-order valence-corrected chi connectivity index (χ2v) is 6.98. The zero-order chi connectivity index (χ0) is 15.8. The van der Waals surface area contributed by atoms with Crippen LogP contribution in [0.25, 0.3) is 0 Å². The van der Waals surface area contributed by atoms with Gasteiger partial charge in [-0.1, -0.05) is 0 Å². The number of esters is 1. The molecule has 0 aromatic heterocycles. The second kappa shape index (κ2) is 5.48. The maximum atomic E-state index is 12.1. The average Bonchev–Trinajstić information content (AvgIpc) is 2.36. The molecule has 1 aromatic carbocycles. The number of sulfone groups is 1. The van der Waals surface area contributed by atoms with Gasteiger partial charge in [-0.2, -0.15) is 0 Å². The fraction of sp³-hybridized carbons (Fsp3) is 0.429. The molecule has 6 nitrogen and oxygen atoms in total. The molecule has 7 heteroatoms. The number of hydrogen-bond donors (Lipinski definition) is 0. The number of hydrogen-bond acceptors (Lipinski definition) is 5. The Balaban J connectivity index is 2.61. The highest BCUT2D eigenvalue weighted by atomic mass is 32.2. The van der Waals surface area contributed by atoms with Crippen molar-refractivity contribution in [2.24, 2.45) is 0 Å². The van der Waals surface area contributed by atoms with Gasteiger partial charge in [-0.3, -0.25) is 4.79 Å². The van der Waals surface area contributed by atoms with E-state index in [0.717, 1.165) is 0 Å². The molecular weight excluding hydrogens is 294 g/mol. The Bertz CT molecular complexity index is 693. The van der Waals surface area contributed by atoms with Crippen LogP contribution in [0.1, 0.15) is 31.1 Å². The molecule has 0 spiro atoms. The van der Waals surface area contributed by atoms with Crippen molar-refractivity contribution in [1.29, 1.82) is 0 Å². The molecule has 1 amide bonds. The van der Waals surface area contributed by atoms with Gasteiger partial charge in [-0.25, -0.2) is 13.2 Å². The summed E-state index contributed by atoms with van der Waals surface area (Å²) in [4.78, 5) is 25.3. The first-order valence-electron chi connectivity index (χ1n) is 6.64. The molecule has 0 saturated heterocycles. The predicted octanol–water partition coefficient (Wildman–Crippen LogP) is 1.39. The highest BCUT2D eigenvalue weighted by Crippen LogP contribution is 2.33. The third kappa shape index (κ3) is 2.78. The van der Waals surface area contributed by atoms with Crippen molar-refractivity contribution < 1.29 is 22.7 Å². The van der Waals surface area contributed by atoms with Crippen LogP contribution in [0.15, 0.2) is 23.1 Å². The van der Waals surface area contributed by atoms with Gasteiger partial charge < -0.3 is 9.64 Å². The van der Waals surface area contributed by atoms with E-state index in [2.05, 4.69) is 0 Å². The molecule has 0 aliphatic carbocycles. The number of ether oxygens (including phenoxy) is 1. The van der Waals surface area contributed by atoms with E-state index in [9.17, 15) is 18.0 Å². The molecule has 2 rings (SSSR count). The minimum absolute atomic E-state index is 0.0730. The van der Waals surface area contributed by atoms with Gasteiger partial charge in [0.05, 0.1) is 22.8 Å². The molecule has 0 unspecified atom stereocenters. The van der Waals surface area contributed by atoms with Gasteiger partial charge in [0.15, 0.2) is 9.84 Å². The number of benzene rings is 1. The third-order valence-electron chi connectivity index (χ3n) is 3.16. The van der Waals surface area contributed by atoms with E-state index in [1.54, 1.807) is 20.8 Å². The van der Waals surface area contributed by atoms with Gasteiger partial charge in [0, 0.05) is 6.04 Å². The van der Waals surface area contributed by atoms with E-state index in [1.807, 2.05) is 0 Å². The SMILES string of the molecule is CCOC(=O)c1ccc2c(c1)N(C(C)C)C(=O)CS2(=O)=O. The molecule has 21 heavy (non-hydrogen) atoms. The van der Waals surface area contributed by atoms with Crippen LogP contribution in [0, 0.1) is 0 Å². The van der Waals surface area contributed by atoms with Gasteiger partial charge in [0.2, 0.25) is 5.91 Å². The van der Waals surface area contributed by atoms with Crippen LogP contribution < -0.4 is 4.90 Å².